The molecule has 1 saturated heterocycles. The van der Waals surface area contributed by atoms with Gasteiger partial charge in [-0.1, -0.05) is 54.6 Å². The van der Waals surface area contributed by atoms with E-state index in [2.05, 4.69) is 0 Å². The van der Waals surface area contributed by atoms with Crippen molar-refractivity contribution in [3.8, 4) is 0 Å². The zero-order valence-electron chi connectivity index (χ0n) is 20.0. The van der Waals surface area contributed by atoms with Crippen molar-refractivity contribution < 1.29 is 43.2 Å². The van der Waals surface area contributed by atoms with Crippen LogP contribution in [0.1, 0.15) is 31.1 Å². The van der Waals surface area contributed by atoms with Crippen LogP contribution in [0.25, 0.3) is 0 Å². The van der Waals surface area contributed by atoms with Crippen LogP contribution in [0.5, 0.6) is 0 Å². The van der Waals surface area contributed by atoms with Crippen LogP contribution in [0.4, 0.5) is 0 Å². The number of carbonyl (C=O) groups is 3. The lowest BCUT2D eigenvalue weighted by Crippen LogP contribution is -2.62. The second-order valence-electron chi connectivity index (χ2n) is 8.23. The van der Waals surface area contributed by atoms with Gasteiger partial charge in [0.05, 0.1) is 23.3 Å². The standard InChI is InChI=1S/C28H26O9/c1-33-17-21-22(35-25(29)18-11-5-2-6-12-18)23(36-26(30)19-13-7-3-8-14-19)24(28(32)34-21)37-27(31)20-15-9-4-10-16-20/h2-16,21-24,28,32H,17H2,1H3/t21-,22-,23+,24-,28?/m1/s1. The van der Waals surface area contributed by atoms with E-state index in [-0.39, 0.29) is 23.3 Å². The molecule has 37 heavy (non-hydrogen) atoms. The molecule has 0 aliphatic carbocycles. The first kappa shape index (κ1) is 26.0. The third-order valence-electron chi connectivity index (χ3n) is 5.70. The minimum absolute atomic E-state index is 0.109. The summed E-state index contributed by atoms with van der Waals surface area (Å²) < 4.78 is 27.9. The highest BCUT2D eigenvalue weighted by Gasteiger charge is 2.52. The Morgan fingerprint density at radius 3 is 1.43 bits per heavy atom. The number of ether oxygens (including phenoxy) is 5. The van der Waals surface area contributed by atoms with Gasteiger partial charge in [0, 0.05) is 7.11 Å². The largest absolute Gasteiger partial charge is 0.452 e. The number of rotatable bonds is 8. The third kappa shape index (κ3) is 6.39. The van der Waals surface area contributed by atoms with Crippen molar-refractivity contribution in [1.29, 1.82) is 0 Å². The Morgan fingerprint density at radius 1 is 0.649 bits per heavy atom. The summed E-state index contributed by atoms with van der Waals surface area (Å²) in [6, 6.07) is 24.4. The predicted molar refractivity (Wildman–Crippen MR) is 130 cm³/mol. The summed E-state index contributed by atoms with van der Waals surface area (Å²) in [5.74, 6) is -2.27. The van der Waals surface area contributed by atoms with Crippen LogP contribution >= 0.6 is 0 Å². The number of aliphatic hydroxyl groups is 1. The van der Waals surface area contributed by atoms with E-state index in [1.165, 1.54) is 19.2 Å². The molecule has 1 heterocycles. The lowest BCUT2D eigenvalue weighted by molar-refractivity contribution is -0.285. The Kier molecular flexibility index (Phi) is 8.63. The summed E-state index contributed by atoms with van der Waals surface area (Å²) in [5.41, 5.74) is 0.670. The van der Waals surface area contributed by atoms with E-state index in [0.717, 1.165) is 0 Å². The minimum Gasteiger partial charge on any atom is -0.452 e. The van der Waals surface area contributed by atoms with Gasteiger partial charge in [0.2, 0.25) is 0 Å². The SMILES string of the molecule is COC[C@H]1OC(O)[C@H](OC(=O)c2ccccc2)[C@@H](OC(=O)c2ccccc2)[C@@H]1OC(=O)c1ccccc1. The number of hydrogen-bond acceptors (Lipinski definition) is 9. The van der Waals surface area contributed by atoms with E-state index in [0.29, 0.717) is 0 Å². The molecule has 0 amide bonds. The first-order chi connectivity index (χ1) is 18.0. The lowest BCUT2D eigenvalue weighted by atomic mass is 9.98. The fourth-order valence-electron chi connectivity index (χ4n) is 3.89. The molecule has 1 fully saturated rings. The monoisotopic (exact) mass is 506 g/mol. The molecule has 9 nitrogen and oxygen atoms in total. The van der Waals surface area contributed by atoms with Gasteiger partial charge in [0.25, 0.3) is 0 Å². The summed E-state index contributed by atoms with van der Waals surface area (Å²) in [6.07, 6.45) is -6.95. The Balaban J connectivity index is 1.67. The molecule has 0 spiro atoms. The van der Waals surface area contributed by atoms with E-state index in [1.807, 2.05) is 0 Å². The van der Waals surface area contributed by atoms with E-state index in [9.17, 15) is 19.5 Å². The summed E-state index contributed by atoms with van der Waals surface area (Å²) in [4.78, 5) is 38.9. The van der Waals surface area contributed by atoms with Gasteiger partial charge in [-0.25, -0.2) is 14.4 Å². The van der Waals surface area contributed by atoms with Gasteiger partial charge in [-0.2, -0.15) is 0 Å². The van der Waals surface area contributed by atoms with E-state index in [4.69, 9.17) is 23.7 Å². The van der Waals surface area contributed by atoms with E-state index in [1.54, 1.807) is 78.9 Å². The predicted octanol–water partition coefficient (Wildman–Crippen LogP) is 3.03. The maximum absolute atomic E-state index is 13.0. The molecule has 0 aromatic heterocycles. The number of esters is 3. The molecule has 5 atom stereocenters. The van der Waals surface area contributed by atoms with E-state index < -0.39 is 48.6 Å². The molecule has 0 radical (unpaired) electrons. The molecular weight excluding hydrogens is 480 g/mol. The number of aliphatic hydroxyl groups excluding tert-OH is 1. The van der Waals surface area contributed by atoms with Crippen LogP contribution in [0.3, 0.4) is 0 Å². The highest BCUT2D eigenvalue weighted by molar-refractivity contribution is 5.91. The Morgan fingerprint density at radius 2 is 1.03 bits per heavy atom. The Hall–Kier alpha value is -4.05. The fourth-order valence-corrected chi connectivity index (χ4v) is 3.89. The molecule has 3 aromatic carbocycles. The number of methoxy groups -OCH3 is 1. The van der Waals surface area contributed by atoms with Crippen molar-refractivity contribution in [2.75, 3.05) is 13.7 Å². The van der Waals surface area contributed by atoms with Crippen molar-refractivity contribution >= 4 is 17.9 Å². The van der Waals surface area contributed by atoms with Crippen LogP contribution in [-0.2, 0) is 23.7 Å². The fraction of sp³-hybridized carbons (Fsp3) is 0.250. The van der Waals surface area contributed by atoms with Gasteiger partial charge in [0.15, 0.2) is 24.6 Å². The molecule has 0 bridgehead atoms. The van der Waals surface area contributed by atoms with Gasteiger partial charge < -0.3 is 28.8 Å². The van der Waals surface area contributed by atoms with Gasteiger partial charge in [-0.3, -0.25) is 0 Å². The topological polar surface area (TPSA) is 118 Å². The molecule has 192 valence electrons. The molecular formula is C28H26O9. The maximum Gasteiger partial charge on any atom is 0.338 e. The number of carbonyl (C=O) groups excluding carboxylic acids is 3. The summed E-state index contributed by atoms with van der Waals surface area (Å²) >= 11 is 0. The Bertz CT molecular complexity index is 1180. The molecule has 4 rings (SSSR count). The first-order valence-electron chi connectivity index (χ1n) is 11.6. The highest BCUT2D eigenvalue weighted by atomic mass is 16.7. The minimum atomic E-state index is -1.70. The van der Waals surface area contributed by atoms with Crippen molar-refractivity contribution in [3.63, 3.8) is 0 Å². The van der Waals surface area contributed by atoms with Crippen LogP contribution in [0.2, 0.25) is 0 Å². The molecule has 1 aliphatic rings. The average Bonchev–Trinajstić information content (AvgIpc) is 2.94. The van der Waals surface area contributed by atoms with Crippen molar-refractivity contribution in [3.05, 3.63) is 108 Å². The molecule has 1 unspecified atom stereocenters. The highest BCUT2D eigenvalue weighted by Crippen LogP contribution is 2.30. The number of benzene rings is 3. The van der Waals surface area contributed by atoms with Gasteiger partial charge in [0.1, 0.15) is 6.10 Å². The number of hydrogen-bond donors (Lipinski definition) is 1. The maximum atomic E-state index is 13.0. The van der Waals surface area contributed by atoms with Crippen molar-refractivity contribution in [2.45, 2.75) is 30.7 Å². The zero-order chi connectivity index (χ0) is 26.2. The third-order valence-corrected chi connectivity index (χ3v) is 5.70. The zero-order valence-corrected chi connectivity index (χ0v) is 20.0. The van der Waals surface area contributed by atoms with Gasteiger partial charge >= 0.3 is 17.9 Å². The smallest absolute Gasteiger partial charge is 0.338 e. The second kappa shape index (κ2) is 12.3. The summed E-state index contributed by atoms with van der Waals surface area (Å²) in [5, 5.41) is 10.8. The van der Waals surface area contributed by atoms with Crippen LogP contribution in [0.15, 0.2) is 91.0 Å². The summed E-state index contributed by atoms with van der Waals surface area (Å²) in [7, 11) is 1.40. The normalized spacial score (nSPS) is 23.0. The van der Waals surface area contributed by atoms with Crippen LogP contribution in [-0.4, -0.2) is 67.4 Å². The van der Waals surface area contributed by atoms with Gasteiger partial charge in [-0.15, -0.1) is 0 Å². The first-order valence-corrected chi connectivity index (χ1v) is 11.6. The van der Waals surface area contributed by atoms with Crippen molar-refractivity contribution in [2.24, 2.45) is 0 Å². The molecule has 0 saturated carbocycles. The van der Waals surface area contributed by atoms with Crippen molar-refractivity contribution in [1.82, 2.24) is 0 Å². The Labute approximate surface area is 213 Å². The lowest BCUT2D eigenvalue weighted by Gasteiger charge is -2.42. The van der Waals surface area contributed by atoms with Crippen LogP contribution < -0.4 is 0 Å². The molecule has 1 aliphatic heterocycles. The second-order valence-corrected chi connectivity index (χ2v) is 8.23. The molecule has 1 N–H and O–H groups in total. The van der Waals surface area contributed by atoms with E-state index >= 15 is 0 Å². The summed E-state index contributed by atoms with van der Waals surface area (Å²) in [6.45, 7) is -0.109. The average molecular weight is 507 g/mol. The molecule has 9 heteroatoms. The van der Waals surface area contributed by atoms with Gasteiger partial charge in [-0.05, 0) is 36.4 Å². The van der Waals surface area contributed by atoms with Crippen LogP contribution in [0, 0.1) is 0 Å². The quantitative estimate of drug-likeness (QED) is 0.363. The molecule has 3 aromatic rings.